The number of carboxylic acid groups (broad SMARTS) is 1. The van der Waals surface area contributed by atoms with Gasteiger partial charge in [-0.2, -0.15) is 0 Å². The summed E-state index contributed by atoms with van der Waals surface area (Å²) in [6.07, 6.45) is 9.17. The smallest absolute Gasteiger partial charge is 0.323 e. The highest BCUT2D eigenvalue weighted by Crippen LogP contribution is 2.68. The number of fused-ring (bicyclic) bond motifs is 5. The van der Waals surface area contributed by atoms with E-state index in [1.807, 2.05) is 0 Å². The molecule has 4 rings (SSSR count). The molecule has 0 aromatic carbocycles. The number of aliphatic hydroxyl groups is 2. The first kappa shape index (κ1) is 25.0. The van der Waals surface area contributed by atoms with E-state index in [0.29, 0.717) is 41.9 Å². The third-order valence-corrected chi connectivity index (χ3v) is 11.1. The van der Waals surface area contributed by atoms with Crippen molar-refractivity contribution in [3.8, 4) is 0 Å². The van der Waals surface area contributed by atoms with Crippen LogP contribution < -0.4 is 0 Å². The van der Waals surface area contributed by atoms with Crippen LogP contribution in [-0.2, 0) is 9.59 Å². The zero-order valence-corrected chi connectivity index (χ0v) is 21.0. The number of carboxylic acids is 1. The molecule has 0 spiro atoms. The third kappa shape index (κ3) is 4.24. The largest absolute Gasteiger partial charge is 0.480 e. The average molecular weight is 464 g/mol. The summed E-state index contributed by atoms with van der Waals surface area (Å²) in [4.78, 5) is 24.6. The molecule has 33 heavy (non-hydrogen) atoms. The van der Waals surface area contributed by atoms with Crippen LogP contribution in [0.4, 0.5) is 0 Å². The monoisotopic (exact) mass is 463 g/mol. The highest BCUT2D eigenvalue weighted by atomic mass is 16.4. The van der Waals surface area contributed by atoms with Crippen molar-refractivity contribution in [1.29, 1.82) is 0 Å². The summed E-state index contributed by atoms with van der Waals surface area (Å²) < 4.78 is 0. The van der Waals surface area contributed by atoms with E-state index in [0.717, 1.165) is 38.5 Å². The molecule has 10 unspecified atom stereocenters. The molecule has 4 aliphatic rings. The van der Waals surface area contributed by atoms with E-state index < -0.39 is 5.97 Å². The van der Waals surface area contributed by atoms with Gasteiger partial charge in [-0.1, -0.05) is 20.8 Å². The van der Waals surface area contributed by atoms with E-state index in [4.69, 9.17) is 5.11 Å². The second kappa shape index (κ2) is 9.14. The van der Waals surface area contributed by atoms with Crippen molar-refractivity contribution in [2.75, 3.05) is 13.6 Å². The van der Waals surface area contributed by atoms with Gasteiger partial charge in [-0.05, 0) is 104 Å². The first-order valence-corrected chi connectivity index (χ1v) is 13.3. The van der Waals surface area contributed by atoms with Gasteiger partial charge in [0.05, 0.1) is 12.2 Å². The van der Waals surface area contributed by atoms with Crippen LogP contribution >= 0.6 is 0 Å². The van der Waals surface area contributed by atoms with Gasteiger partial charge in [0, 0.05) is 13.5 Å². The number of carbonyl (C=O) groups is 2. The number of hydrogen-bond acceptors (Lipinski definition) is 4. The molecular formula is C27H45NO5. The summed E-state index contributed by atoms with van der Waals surface area (Å²) in [5.41, 5.74) is 0.142. The Bertz CT molecular complexity index is 757. The fourth-order valence-electron chi connectivity index (χ4n) is 9.19. The van der Waals surface area contributed by atoms with E-state index in [2.05, 4.69) is 20.8 Å². The first-order chi connectivity index (χ1) is 15.5. The molecule has 0 saturated heterocycles. The van der Waals surface area contributed by atoms with Crippen molar-refractivity contribution in [3.05, 3.63) is 0 Å². The maximum atomic E-state index is 12.4. The topological polar surface area (TPSA) is 98.1 Å². The van der Waals surface area contributed by atoms with Crippen molar-refractivity contribution in [3.63, 3.8) is 0 Å². The molecule has 0 aliphatic heterocycles. The fourth-order valence-corrected chi connectivity index (χ4v) is 9.19. The van der Waals surface area contributed by atoms with Crippen molar-refractivity contribution < 1.29 is 24.9 Å². The van der Waals surface area contributed by atoms with E-state index in [1.54, 1.807) is 7.05 Å². The summed E-state index contributed by atoms with van der Waals surface area (Å²) in [7, 11) is 1.56. The highest BCUT2D eigenvalue weighted by Gasteiger charge is 2.63. The first-order valence-electron chi connectivity index (χ1n) is 13.3. The molecule has 3 N–H and O–H groups in total. The van der Waals surface area contributed by atoms with Gasteiger partial charge in [0.15, 0.2) is 0 Å². The third-order valence-electron chi connectivity index (χ3n) is 11.1. The lowest BCUT2D eigenvalue weighted by Gasteiger charge is -2.62. The number of carbonyl (C=O) groups excluding carboxylic acids is 1. The van der Waals surface area contributed by atoms with Gasteiger partial charge < -0.3 is 20.2 Å². The minimum atomic E-state index is -0.985. The van der Waals surface area contributed by atoms with E-state index in [9.17, 15) is 19.8 Å². The Kier molecular flexibility index (Phi) is 6.92. The second-order valence-corrected chi connectivity index (χ2v) is 12.5. The lowest BCUT2D eigenvalue weighted by Crippen LogP contribution is -2.58. The Morgan fingerprint density at radius 2 is 1.76 bits per heavy atom. The molecule has 10 atom stereocenters. The van der Waals surface area contributed by atoms with Gasteiger partial charge in [0.25, 0.3) is 0 Å². The molecular weight excluding hydrogens is 418 g/mol. The lowest BCUT2D eigenvalue weighted by atomic mass is 9.43. The minimum absolute atomic E-state index is 0.103. The number of aliphatic hydroxyl groups excluding tert-OH is 2. The van der Waals surface area contributed by atoms with Crippen molar-refractivity contribution in [2.45, 2.75) is 97.2 Å². The Morgan fingerprint density at radius 1 is 1.03 bits per heavy atom. The molecule has 6 heteroatoms. The SMILES string of the molecule is CC(CCC(=O)N(C)CC(=O)O)C1CCC2C3CCC4CC(O)CCC4(C)C3CC(O)C12C. The molecule has 0 aromatic heterocycles. The van der Waals surface area contributed by atoms with E-state index in [-0.39, 0.29) is 35.5 Å². The standard InChI is InChI=1S/C27H45NO5/c1-16(5-10-24(31)28(4)15-25(32)33)20-8-9-21-19-7-6-17-13-18(29)11-12-26(17,2)22(19)14-23(30)27(20,21)3/h16-23,29-30H,5-15H2,1-4H3,(H,32,33). The fraction of sp³-hybridized carbons (Fsp3) is 0.926. The molecule has 1 amide bonds. The van der Waals surface area contributed by atoms with Crippen LogP contribution in [0, 0.1) is 46.3 Å². The summed E-state index contributed by atoms with van der Waals surface area (Å²) in [6.45, 7) is 6.74. The van der Waals surface area contributed by atoms with Crippen LogP contribution in [0.3, 0.4) is 0 Å². The molecule has 4 fully saturated rings. The van der Waals surface area contributed by atoms with Crippen molar-refractivity contribution in [2.24, 2.45) is 46.3 Å². The predicted octanol–water partition coefficient (Wildman–Crippen LogP) is 3.94. The molecule has 0 radical (unpaired) electrons. The summed E-state index contributed by atoms with van der Waals surface area (Å²) in [6, 6.07) is 0. The van der Waals surface area contributed by atoms with Crippen LogP contribution in [0.5, 0.6) is 0 Å². The van der Waals surface area contributed by atoms with Crippen LogP contribution in [0.2, 0.25) is 0 Å². The van der Waals surface area contributed by atoms with Crippen LogP contribution in [-0.4, -0.2) is 57.9 Å². The Morgan fingerprint density at radius 3 is 2.45 bits per heavy atom. The average Bonchev–Trinajstić information content (AvgIpc) is 3.11. The number of aliphatic carboxylic acids is 1. The van der Waals surface area contributed by atoms with Gasteiger partial charge in [-0.25, -0.2) is 0 Å². The zero-order valence-electron chi connectivity index (χ0n) is 21.0. The number of hydrogen-bond donors (Lipinski definition) is 3. The van der Waals surface area contributed by atoms with Crippen molar-refractivity contribution >= 4 is 11.9 Å². The Balaban J connectivity index is 1.45. The maximum Gasteiger partial charge on any atom is 0.323 e. The molecule has 4 saturated carbocycles. The van der Waals surface area contributed by atoms with Gasteiger partial charge in [0.2, 0.25) is 5.91 Å². The van der Waals surface area contributed by atoms with Crippen LogP contribution in [0.1, 0.15) is 85.0 Å². The van der Waals surface area contributed by atoms with Gasteiger partial charge in [-0.3, -0.25) is 9.59 Å². The van der Waals surface area contributed by atoms with E-state index >= 15 is 0 Å². The quantitative estimate of drug-likeness (QED) is 0.554. The molecule has 188 valence electrons. The molecule has 0 bridgehead atoms. The van der Waals surface area contributed by atoms with Crippen LogP contribution in [0.25, 0.3) is 0 Å². The van der Waals surface area contributed by atoms with Gasteiger partial charge in [0.1, 0.15) is 6.54 Å². The predicted molar refractivity (Wildman–Crippen MR) is 126 cm³/mol. The minimum Gasteiger partial charge on any atom is -0.480 e. The van der Waals surface area contributed by atoms with Gasteiger partial charge >= 0.3 is 5.97 Å². The van der Waals surface area contributed by atoms with Crippen LogP contribution in [0.15, 0.2) is 0 Å². The second-order valence-electron chi connectivity index (χ2n) is 12.5. The Hall–Kier alpha value is -1.14. The number of rotatable bonds is 6. The Labute approximate surface area is 199 Å². The van der Waals surface area contributed by atoms with E-state index in [1.165, 1.54) is 24.2 Å². The molecule has 0 aromatic rings. The molecule has 4 aliphatic carbocycles. The summed E-state index contributed by atoms with van der Waals surface area (Å²) >= 11 is 0. The highest BCUT2D eigenvalue weighted by molar-refractivity contribution is 5.80. The van der Waals surface area contributed by atoms with Crippen molar-refractivity contribution in [1.82, 2.24) is 4.90 Å². The zero-order chi connectivity index (χ0) is 24.1. The number of nitrogens with zero attached hydrogens (tertiary/aromatic N) is 1. The summed E-state index contributed by atoms with van der Waals surface area (Å²) in [5, 5.41) is 30.8. The number of amides is 1. The molecule has 6 nitrogen and oxygen atoms in total. The molecule has 0 heterocycles. The normalized spacial score (nSPS) is 45.5. The lowest BCUT2D eigenvalue weighted by molar-refractivity contribution is -0.175. The number of likely N-dealkylation sites (N-methyl/N-ethyl adjacent to an activating group) is 1. The summed E-state index contributed by atoms with van der Waals surface area (Å²) in [5.74, 6) is 1.96. The van der Waals surface area contributed by atoms with Gasteiger partial charge in [-0.15, -0.1) is 0 Å². The maximum absolute atomic E-state index is 12.4.